The summed E-state index contributed by atoms with van der Waals surface area (Å²) in [7, 11) is 0. The maximum Gasteiger partial charge on any atom is 0.303 e. The van der Waals surface area contributed by atoms with Gasteiger partial charge < -0.3 is 10.1 Å². The zero-order valence-electron chi connectivity index (χ0n) is 23.9. The highest BCUT2D eigenvalue weighted by Gasteiger charge is 2.10. The van der Waals surface area contributed by atoms with Crippen molar-refractivity contribution in [3.8, 4) is 0 Å². The molecule has 5 aromatic rings. The molecule has 3 heteroatoms. The van der Waals surface area contributed by atoms with Crippen LogP contribution in [-0.2, 0) is 16.1 Å². The fourth-order valence-electron chi connectivity index (χ4n) is 4.36. The highest BCUT2D eigenvalue weighted by Crippen LogP contribution is 2.20. The molecule has 0 spiro atoms. The molecule has 1 N–H and O–H groups in total. The molecule has 0 aliphatic carbocycles. The van der Waals surface area contributed by atoms with Crippen molar-refractivity contribution in [1.82, 2.24) is 5.32 Å². The second-order valence-corrected chi connectivity index (χ2v) is 9.74. The summed E-state index contributed by atoms with van der Waals surface area (Å²) < 4.78 is 5.33. The van der Waals surface area contributed by atoms with Crippen LogP contribution >= 0.6 is 0 Å². The van der Waals surface area contributed by atoms with E-state index in [0.29, 0.717) is 0 Å². The molecule has 0 aliphatic rings. The summed E-state index contributed by atoms with van der Waals surface area (Å²) >= 11 is 0. The first kappa shape index (κ1) is 30.0. The molecule has 210 valence electrons. The lowest BCUT2D eigenvalue weighted by Gasteiger charge is -2.16. The van der Waals surface area contributed by atoms with Crippen LogP contribution in [-0.4, -0.2) is 5.97 Å². The molecule has 0 saturated heterocycles. The van der Waals surface area contributed by atoms with E-state index < -0.39 is 0 Å². The number of hydrogen-bond donors (Lipinski definition) is 1. The van der Waals surface area contributed by atoms with E-state index in [1.807, 2.05) is 84.9 Å². The number of ether oxygens (including phenoxy) is 1. The Bertz CT molecular complexity index is 1500. The molecule has 2 atom stereocenters. The van der Waals surface area contributed by atoms with E-state index in [-0.39, 0.29) is 18.1 Å². The van der Waals surface area contributed by atoms with E-state index in [1.165, 1.54) is 23.6 Å². The van der Waals surface area contributed by atoms with Crippen molar-refractivity contribution in [3.63, 3.8) is 0 Å². The normalized spacial score (nSPS) is 12.3. The lowest BCUT2D eigenvalue weighted by atomic mass is 10.0. The van der Waals surface area contributed by atoms with Crippen LogP contribution in [0.15, 0.2) is 164 Å². The van der Waals surface area contributed by atoms with Gasteiger partial charge in [-0.05, 0) is 33.9 Å². The van der Waals surface area contributed by atoms with Crippen LogP contribution in [0.5, 0.6) is 0 Å². The molecular formula is C39H37NO2. The van der Waals surface area contributed by atoms with Gasteiger partial charge in [0.1, 0.15) is 6.10 Å². The van der Waals surface area contributed by atoms with Gasteiger partial charge in [-0.15, -0.1) is 0 Å². The van der Waals surface area contributed by atoms with Crippen LogP contribution in [0.4, 0.5) is 0 Å². The average Bonchev–Trinajstić information content (AvgIpc) is 3.05. The Morgan fingerprint density at radius 2 is 1.02 bits per heavy atom. The van der Waals surface area contributed by atoms with Gasteiger partial charge in [0, 0.05) is 13.5 Å². The molecule has 5 rings (SSSR count). The number of carbonyl (C=O) groups is 1. The van der Waals surface area contributed by atoms with Crippen molar-refractivity contribution in [2.24, 2.45) is 0 Å². The summed E-state index contributed by atoms with van der Waals surface area (Å²) in [6.07, 6.45) is 7.91. The maximum absolute atomic E-state index is 11.2. The van der Waals surface area contributed by atoms with Crippen LogP contribution in [0, 0.1) is 0 Å². The molecule has 0 heterocycles. The fraction of sp³-hybridized carbons (Fsp3) is 0.103. The van der Waals surface area contributed by atoms with Gasteiger partial charge in [-0.1, -0.05) is 170 Å². The first-order valence-corrected chi connectivity index (χ1v) is 14.2. The number of rotatable bonds is 10. The molecule has 0 amide bonds. The van der Waals surface area contributed by atoms with Crippen molar-refractivity contribution in [3.05, 3.63) is 192 Å². The largest absolute Gasteiger partial charge is 0.453 e. The van der Waals surface area contributed by atoms with Gasteiger partial charge in [0.2, 0.25) is 0 Å². The number of benzene rings is 5. The van der Waals surface area contributed by atoms with Gasteiger partial charge in [0.25, 0.3) is 0 Å². The van der Waals surface area contributed by atoms with Gasteiger partial charge in [-0.2, -0.15) is 0 Å². The first-order chi connectivity index (χ1) is 20.7. The van der Waals surface area contributed by atoms with Crippen LogP contribution < -0.4 is 5.32 Å². The van der Waals surface area contributed by atoms with Gasteiger partial charge in [-0.25, -0.2) is 0 Å². The molecule has 0 fully saturated rings. The molecule has 0 radical (unpaired) electrons. The Hall–Kier alpha value is -4.99. The van der Waals surface area contributed by atoms with Crippen LogP contribution in [0.2, 0.25) is 0 Å². The van der Waals surface area contributed by atoms with Crippen molar-refractivity contribution in [2.45, 2.75) is 25.6 Å². The lowest BCUT2D eigenvalue weighted by Crippen LogP contribution is -2.19. The average molecular weight is 552 g/mol. The van der Waals surface area contributed by atoms with Crippen LogP contribution in [0.25, 0.3) is 12.2 Å². The standard InChI is InChI=1S/C22H21N.C17H16O2/c1-4-10-19(11-5-1)16-17-22(21-14-8-3-9-15-21)23-18-20-12-6-2-7-13-20;1-14(18)19-17(16-10-6-3-7-11-16)13-12-15-8-4-2-5-9-15/h1-17,22-23H,18H2;2-13,17H,1H3/b17-16+;13-12+/t22-;/m1./s1. The Balaban J connectivity index is 0.000000197. The zero-order valence-corrected chi connectivity index (χ0v) is 23.9. The molecule has 42 heavy (non-hydrogen) atoms. The third-order valence-corrected chi connectivity index (χ3v) is 6.49. The Morgan fingerprint density at radius 3 is 1.52 bits per heavy atom. The van der Waals surface area contributed by atoms with E-state index in [1.54, 1.807) is 0 Å². The topological polar surface area (TPSA) is 38.3 Å². The SMILES string of the molecule is C(=C\[C@@H](NCc1ccccc1)c1ccccc1)/c1ccccc1.CC(=O)OC(/C=C/c1ccccc1)c1ccccc1. The lowest BCUT2D eigenvalue weighted by molar-refractivity contribution is -0.144. The summed E-state index contributed by atoms with van der Waals surface area (Å²) in [4.78, 5) is 11.2. The minimum Gasteiger partial charge on any atom is -0.453 e. The molecule has 0 aliphatic heterocycles. The second kappa shape index (κ2) is 17.0. The van der Waals surface area contributed by atoms with E-state index in [4.69, 9.17) is 4.74 Å². The summed E-state index contributed by atoms with van der Waals surface area (Å²) in [5, 5.41) is 3.64. The molecule has 5 aromatic carbocycles. The smallest absolute Gasteiger partial charge is 0.303 e. The zero-order chi connectivity index (χ0) is 29.2. The maximum atomic E-state index is 11.2. The number of carbonyl (C=O) groups excluding carboxylic acids is 1. The Labute approximate surface area is 249 Å². The van der Waals surface area contributed by atoms with E-state index in [2.05, 4.69) is 96.3 Å². The summed E-state index contributed by atoms with van der Waals surface area (Å²) in [6, 6.07) is 51.3. The fourth-order valence-corrected chi connectivity index (χ4v) is 4.36. The first-order valence-electron chi connectivity index (χ1n) is 14.2. The number of hydrogen-bond acceptors (Lipinski definition) is 3. The van der Waals surface area contributed by atoms with E-state index in [0.717, 1.165) is 17.7 Å². The monoisotopic (exact) mass is 551 g/mol. The number of esters is 1. The van der Waals surface area contributed by atoms with E-state index >= 15 is 0 Å². The van der Waals surface area contributed by atoms with Crippen molar-refractivity contribution in [1.29, 1.82) is 0 Å². The summed E-state index contributed by atoms with van der Waals surface area (Å²) in [6.45, 7) is 2.27. The minimum absolute atomic E-state index is 0.191. The Morgan fingerprint density at radius 1 is 0.595 bits per heavy atom. The van der Waals surface area contributed by atoms with Gasteiger partial charge in [0.05, 0.1) is 6.04 Å². The molecular weight excluding hydrogens is 514 g/mol. The molecule has 0 aromatic heterocycles. The van der Waals surface area contributed by atoms with Crippen LogP contribution in [0.1, 0.15) is 46.9 Å². The van der Waals surface area contributed by atoms with Gasteiger partial charge in [0.15, 0.2) is 0 Å². The molecule has 0 saturated carbocycles. The van der Waals surface area contributed by atoms with Crippen LogP contribution in [0.3, 0.4) is 0 Å². The predicted molar refractivity (Wildman–Crippen MR) is 174 cm³/mol. The third kappa shape index (κ3) is 10.5. The Kier molecular flexibility index (Phi) is 12.1. The summed E-state index contributed by atoms with van der Waals surface area (Å²) in [5.41, 5.74) is 5.83. The highest BCUT2D eigenvalue weighted by molar-refractivity contribution is 5.67. The summed E-state index contributed by atoms with van der Waals surface area (Å²) in [5.74, 6) is -0.286. The van der Waals surface area contributed by atoms with Gasteiger partial charge >= 0.3 is 5.97 Å². The van der Waals surface area contributed by atoms with Gasteiger partial charge in [-0.3, -0.25) is 4.79 Å². The predicted octanol–water partition coefficient (Wildman–Crippen LogP) is 9.24. The number of nitrogens with one attached hydrogen (secondary N) is 1. The second-order valence-electron chi connectivity index (χ2n) is 9.74. The van der Waals surface area contributed by atoms with Crippen molar-refractivity contribution in [2.75, 3.05) is 0 Å². The van der Waals surface area contributed by atoms with Crippen molar-refractivity contribution < 1.29 is 9.53 Å². The van der Waals surface area contributed by atoms with E-state index in [9.17, 15) is 4.79 Å². The minimum atomic E-state index is -0.348. The highest BCUT2D eigenvalue weighted by atomic mass is 16.5. The molecule has 0 bridgehead atoms. The molecule has 3 nitrogen and oxygen atoms in total. The quantitative estimate of drug-likeness (QED) is 0.176. The third-order valence-electron chi connectivity index (χ3n) is 6.49. The van der Waals surface area contributed by atoms with Crippen molar-refractivity contribution >= 4 is 18.1 Å². The molecule has 1 unspecified atom stereocenters.